The summed E-state index contributed by atoms with van der Waals surface area (Å²) in [6, 6.07) is 1.75. The van der Waals surface area contributed by atoms with Crippen LogP contribution in [-0.2, 0) is 11.3 Å². The number of carbonyl (C=O) groups is 1. The van der Waals surface area contributed by atoms with E-state index in [1.54, 1.807) is 6.07 Å². The van der Waals surface area contributed by atoms with Gasteiger partial charge in [0.1, 0.15) is 4.83 Å². The van der Waals surface area contributed by atoms with Crippen molar-refractivity contribution in [3.05, 3.63) is 28.1 Å². The molecule has 1 fully saturated rings. The molecule has 2 aromatic heterocycles. The summed E-state index contributed by atoms with van der Waals surface area (Å²) < 4.78 is 1.46. The Morgan fingerprint density at radius 1 is 1.48 bits per heavy atom. The predicted octanol–water partition coefficient (Wildman–Crippen LogP) is 1.52. The largest absolute Gasteiger partial charge is 0.391 e. The van der Waals surface area contributed by atoms with Crippen LogP contribution in [0.25, 0.3) is 10.2 Å². The number of nitrogens with one attached hydrogen (secondary N) is 1. The summed E-state index contributed by atoms with van der Waals surface area (Å²) in [7, 11) is 0. The van der Waals surface area contributed by atoms with Gasteiger partial charge in [-0.05, 0) is 30.2 Å². The van der Waals surface area contributed by atoms with Crippen LogP contribution in [0.1, 0.15) is 32.1 Å². The van der Waals surface area contributed by atoms with Crippen LogP contribution in [0.3, 0.4) is 0 Å². The number of fused-ring (bicyclic) bond motifs is 1. The molecule has 2 aromatic rings. The van der Waals surface area contributed by atoms with Crippen LogP contribution in [0.15, 0.2) is 22.6 Å². The highest BCUT2D eigenvalue weighted by Gasteiger charge is 2.23. The molecule has 1 atom stereocenters. The Hall–Kier alpha value is -1.73. The fraction of sp³-hybridized carbons (Fsp3) is 0.562. The van der Waals surface area contributed by atoms with Crippen molar-refractivity contribution >= 4 is 27.5 Å². The maximum atomic E-state index is 12.2. The van der Waals surface area contributed by atoms with E-state index in [0.29, 0.717) is 24.4 Å². The molecule has 6 nitrogen and oxygen atoms in total. The molecule has 0 bridgehead atoms. The first-order chi connectivity index (χ1) is 11.1. The number of nitrogens with zero attached hydrogens (tertiary/aromatic N) is 2. The summed E-state index contributed by atoms with van der Waals surface area (Å²) in [4.78, 5) is 29.0. The van der Waals surface area contributed by atoms with E-state index in [1.807, 2.05) is 5.38 Å². The summed E-state index contributed by atoms with van der Waals surface area (Å²) in [5, 5.41) is 15.2. The molecule has 0 spiro atoms. The minimum atomic E-state index is -0.465. The Morgan fingerprint density at radius 3 is 3.04 bits per heavy atom. The highest BCUT2D eigenvalue weighted by molar-refractivity contribution is 7.16. The third-order valence-electron chi connectivity index (χ3n) is 4.48. The fourth-order valence-corrected chi connectivity index (χ4v) is 3.81. The first-order valence-electron chi connectivity index (χ1n) is 8.02. The lowest BCUT2D eigenvalue weighted by atomic mass is 10.0. The first kappa shape index (κ1) is 16.1. The standard InChI is InChI=1S/C16H21N3O3S/c20-13(11-3-1-2-4-11)9-17-14(21)5-7-19-10-18-15-12(16(19)22)6-8-23-15/h6,8,10-11,13,20H,1-5,7,9H2,(H,17,21). The maximum Gasteiger partial charge on any atom is 0.262 e. The molecule has 3 rings (SSSR count). The van der Waals surface area contributed by atoms with E-state index < -0.39 is 6.10 Å². The van der Waals surface area contributed by atoms with Crippen LogP contribution < -0.4 is 10.9 Å². The highest BCUT2D eigenvalue weighted by Crippen LogP contribution is 2.27. The van der Waals surface area contributed by atoms with Gasteiger partial charge in [-0.1, -0.05) is 12.8 Å². The Balaban J connectivity index is 1.50. The van der Waals surface area contributed by atoms with Gasteiger partial charge >= 0.3 is 0 Å². The average molecular weight is 335 g/mol. The normalized spacial score (nSPS) is 16.7. The predicted molar refractivity (Wildman–Crippen MR) is 89.5 cm³/mol. The molecule has 2 heterocycles. The molecule has 1 saturated carbocycles. The monoisotopic (exact) mass is 335 g/mol. The SMILES string of the molecule is O=C(CCn1cnc2sccc2c1=O)NCC(O)C1CCCC1. The van der Waals surface area contributed by atoms with Crippen molar-refractivity contribution in [3.63, 3.8) is 0 Å². The lowest BCUT2D eigenvalue weighted by molar-refractivity contribution is -0.121. The molecule has 0 radical (unpaired) electrons. The molecular weight excluding hydrogens is 314 g/mol. The Bertz CT molecular complexity index is 733. The van der Waals surface area contributed by atoms with Gasteiger partial charge in [-0.3, -0.25) is 14.2 Å². The van der Waals surface area contributed by atoms with Gasteiger partial charge in [0.15, 0.2) is 0 Å². The van der Waals surface area contributed by atoms with E-state index in [1.165, 1.54) is 22.2 Å². The van der Waals surface area contributed by atoms with Gasteiger partial charge in [0, 0.05) is 19.5 Å². The van der Waals surface area contributed by atoms with Gasteiger partial charge < -0.3 is 10.4 Å². The lowest BCUT2D eigenvalue weighted by Crippen LogP contribution is -2.36. The number of aryl methyl sites for hydroxylation is 1. The number of aliphatic hydroxyl groups is 1. The van der Waals surface area contributed by atoms with Crippen molar-refractivity contribution in [2.75, 3.05) is 6.54 Å². The summed E-state index contributed by atoms with van der Waals surface area (Å²) in [5.74, 6) is 0.155. The topological polar surface area (TPSA) is 84.2 Å². The van der Waals surface area contributed by atoms with Crippen molar-refractivity contribution in [1.29, 1.82) is 0 Å². The van der Waals surface area contributed by atoms with Gasteiger partial charge in [-0.15, -0.1) is 11.3 Å². The summed E-state index contributed by atoms with van der Waals surface area (Å²) in [5.41, 5.74) is -0.116. The first-order valence-corrected chi connectivity index (χ1v) is 8.90. The summed E-state index contributed by atoms with van der Waals surface area (Å²) >= 11 is 1.43. The molecule has 7 heteroatoms. The van der Waals surface area contributed by atoms with Crippen LogP contribution in [0.5, 0.6) is 0 Å². The Kier molecular flexibility index (Phi) is 5.07. The van der Waals surface area contributed by atoms with Crippen molar-refractivity contribution in [2.24, 2.45) is 5.92 Å². The molecule has 1 aliphatic carbocycles. The van der Waals surface area contributed by atoms with E-state index in [9.17, 15) is 14.7 Å². The quantitative estimate of drug-likeness (QED) is 0.838. The van der Waals surface area contributed by atoms with E-state index in [2.05, 4.69) is 10.3 Å². The molecule has 1 aliphatic rings. The van der Waals surface area contributed by atoms with Gasteiger partial charge in [-0.25, -0.2) is 4.98 Å². The lowest BCUT2D eigenvalue weighted by Gasteiger charge is -2.18. The maximum absolute atomic E-state index is 12.2. The second-order valence-corrected chi connectivity index (χ2v) is 6.94. The van der Waals surface area contributed by atoms with Crippen LogP contribution >= 0.6 is 11.3 Å². The van der Waals surface area contributed by atoms with Crippen molar-refractivity contribution in [2.45, 2.75) is 44.8 Å². The van der Waals surface area contributed by atoms with E-state index in [4.69, 9.17) is 0 Å². The van der Waals surface area contributed by atoms with Gasteiger partial charge in [-0.2, -0.15) is 0 Å². The Labute approximate surface area is 138 Å². The van der Waals surface area contributed by atoms with E-state index >= 15 is 0 Å². The molecule has 2 N–H and O–H groups in total. The van der Waals surface area contributed by atoms with Crippen molar-refractivity contribution in [3.8, 4) is 0 Å². The van der Waals surface area contributed by atoms with Crippen LogP contribution in [-0.4, -0.2) is 33.2 Å². The molecule has 0 aromatic carbocycles. The van der Waals surface area contributed by atoms with Crippen LogP contribution in [0.4, 0.5) is 0 Å². The summed E-state index contributed by atoms with van der Waals surface area (Å²) in [6.07, 6.45) is 5.63. The zero-order valence-corrected chi connectivity index (χ0v) is 13.7. The molecular formula is C16H21N3O3S. The number of rotatable bonds is 6. The third kappa shape index (κ3) is 3.79. The number of carbonyl (C=O) groups excluding carboxylic acids is 1. The van der Waals surface area contributed by atoms with Crippen LogP contribution in [0, 0.1) is 5.92 Å². The van der Waals surface area contributed by atoms with Crippen molar-refractivity contribution in [1.82, 2.24) is 14.9 Å². The number of thiophene rings is 1. The molecule has 0 saturated heterocycles. The number of hydrogen-bond donors (Lipinski definition) is 2. The van der Waals surface area contributed by atoms with E-state index in [-0.39, 0.29) is 17.9 Å². The number of hydrogen-bond acceptors (Lipinski definition) is 5. The smallest absolute Gasteiger partial charge is 0.262 e. The van der Waals surface area contributed by atoms with E-state index in [0.717, 1.165) is 30.5 Å². The second kappa shape index (κ2) is 7.23. The number of amides is 1. The number of aromatic nitrogens is 2. The number of aliphatic hydroxyl groups excluding tert-OH is 1. The fourth-order valence-electron chi connectivity index (χ4n) is 3.09. The molecule has 23 heavy (non-hydrogen) atoms. The molecule has 1 amide bonds. The molecule has 0 aliphatic heterocycles. The Morgan fingerprint density at radius 2 is 2.26 bits per heavy atom. The third-order valence-corrected chi connectivity index (χ3v) is 5.30. The highest BCUT2D eigenvalue weighted by atomic mass is 32.1. The zero-order chi connectivity index (χ0) is 16.2. The van der Waals surface area contributed by atoms with Crippen LogP contribution in [0.2, 0.25) is 0 Å². The second-order valence-electron chi connectivity index (χ2n) is 6.05. The zero-order valence-electron chi connectivity index (χ0n) is 12.9. The minimum Gasteiger partial charge on any atom is -0.391 e. The molecule has 124 valence electrons. The molecule has 1 unspecified atom stereocenters. The summed E-state index contributed by atoms with van der Waals surface area (Å²) in [6.45, 7) is 0.586. The average Bonchev–Trinajstić information content (AvgIpc) is 3.23. The van der Waals surface area contributed by atoms with Gasteiger partial charge in [0.05, 0.1) is 17.8 Å². The minimum absolute atomic E-state index is 0.116. The van der Waals surface area contributed by atoms with Gasteiger partial charge in [0.2, 0.25) is 5.91 Å². The van der Waals surface area contributed by atoms with Gasteiger partial charge in [0.25, 0.3) is 5.56 Å². The van der Waals surface area contributed by atoms with Crippen molar-refractivity contribution < 1.29 is 9.90 Å².